The highest BCUT2D eigenvalue weighted by Gasteiger charge is 2.17. The lowest BCUT2D eigenvalue weighted by Crippen LogP contribution is -2.35. The van der Waals surface area contributed by atoms with Crippen LogP contribution in [-0.2, 0) is 6.54 Å². The minimum Gasteiger partial charge on any atom is -0.395 e. The highest BCUT2D eigenvalue weighted by molar-refractivity contribution is 5.00. The van der Waals surface area contributed by atoms with E-state index >= 15 is 0 Å². The second kappa shape index (κ2) is 6.14. The normalized spacial score (nSPS) is 17.1. The van der Waals surface area contributed by atoms with Gasteiger partial charge < -0.3 is 15.5 Å². The Labute approximate surface area is 101 Å². The summed E-state index contributed by atoms with van der Waals surface area (Å²) in [5.74, 6) is 0. The summed E-state index contributed by atoms with van der Waals surface area (Å²) in [6.07, 6.45) is 7.08. The van der Waals surface area contributed by atoms with Gasteiger partial charge in [-0.2, -0.15) is 5.10 Å². The van der Waals surface area contributed by atoms with Gasteiger partial charge in [-0.15, -0.1) is 0 Å². The molecule has 0 amide bonds. The van der Waals surface area contributed by atoms with E-state index in [1.54, 1.807) is 0 Å². The zero-order valence-corrected chi connectivity index (χ0v) is 10.0. The van der Waals surface area contributed by atoms with Crippen LogP contribution in [0.3, 0.4) is 0 Å². The van der Waals surface area contributed by atoms with Gasteiger partial charge in [0.2, 0.25) is 0 Å². The minimum atomic E-state index is -0.258. The van der Waals surface area contributed by atoms with Crippen LogP contribution in [0, 0.1) is 0 Å². The summed E-state index contributed by atoms with van der Waals surface area (Å²) in [5.41, 5.74) is 0.962. The second-order valence-electron chi connectivity index (χ2n) is 4.67. The highest BCUT2D eigenvalue weighted by Crippen LogP contribution is 2.28. The van der Waals surface area contributed by atoms with Gasteiger partial charge in [-0.25, -0.2) is 0 Å². The molecule has 1 fully saturated rings. The van der Waals surface area contributed by atoms with Gasteiger partial charge in [0.1, 0.15) is 0 Å². The van der Waals surface area contributed by atoms with Gasteiger partial charge in [-0.05, 0) is 18.9 Å². The Kier molecular flexibility index (Phi) is 4.53. The van der Waals surface area contributed by atoms with Crippen molar-refractivity contribution >= 4 is 0 Å². The van der Waals surface area contributed by atoms with Crippen LogP contribution in [0.4, 0.5) is 0 Å². The molecular formula is C12H21N3O2. The number of aliphatic hydroxyl groups is 2. The summed E-state index contributed by atoms with van der Waals surface area (Å²) in [6, 6.07) is 2.30. The molecule has 1 aromatic heterocycles. The van der Waals surface area contributed by atoms with Crippen molar-refractivity contribution in [2.24, 2.45) is 0 Å². The molecule has 0 atom stereocenters. The van der Waals surface area contributed by atoms with Gasteiger partial charge in [-0.1, -0.05) is 12.8 Å². The molecule has 0 radical (unpaired) electrons. The number of hydrogen-bond acceptors (Lipinski definition) is 4. The van der Waals surface area contributed by atoms with E-state index in [4.69, 9.17) is 10.2 Å². The molecule has 2 rings (SSSR count). The molecule has 1 aliphatic rings. The van der Waals surface area contributed by atoms with Gasteiger partial charge >= 0.3 is 0 Å². The summed E-state index contributed by atoms with van der Waals surface area (Å²) in [4.78, 5) is 0. The Morgan fingerprint density at radius 2 is 2.06 bits per heavy atom. The average Bonchev–Trinajstić information content (AvgIpc) is 3.01. The summed E-state index contributed by atoms with van der Waals surface area (Å²) >= 11 is 0. The topological polar surface area (TPSA) is 70.3 Å². The van der Waals surface area contributed by atoms with Crippen molar-refractivity contribution in [3.8, 4) is 0 Å². The molecule has 17 heavy (non-hydrogen) atoms. The molecule has 1 heterocycles. The maximum absolute atomic E-state index is 8.93. The molecule has 1 saturated carbocycles. The van der Waals surface area contributed by atoms with Crippen LogP contribution in [0.15, 0.2) is 12.3 Å². The quantitative estimate of drug-likeness (QED) is 0.674. The van der Waals surface area contributed by atoms with Crippen LogP contribution in [0.25, 0.3) is 0 Å². The SMILES string of the molecule is OCC(CO)NCc1ccn(C2CCCC2)n1. The van der Waals surface area contributed by atoms with Crippen LogP contribution in [0.1, 0.15) is 37.4 Å². The lowest BCUT2D eigenvalue weighted by molar-refractivity contribution is 0.170. The van der Waals surface area contributed by atoms with E-state index in [9.17, 15) is 0 Å². The second-order valence-corrected chi connectivity index (χ2v) is 4.67. The van der Waals surface area contributed by atoms with E-state index in [2.05, 4.69) is 15.1 Å². The van der Waals surface area contributed by atoms with E-state index in [1.165, 1.54) is 25.7 Å². The molecule has 0 spiro atoms. The van der Waals surface area contributed by atoms with Gasteiger partial charge in [0.05, 0.1) is 31.0 Å². The Balaban J connectivity index is 1.85. The maximum Gasteiger partial charge on any atom is 0.0762 e. The third-order valence-electron chi connectivity index (χ3n) is 3.38. The molecule has 0 bridgehead atoms. The van der Waals surface area contributed by atoms with Crippen molar-refractivity contribution in [2.75, 3.05) is 13.2 Å². The van der Waals surface area contributed by atoms with E-state index in [0.717, 1.165) is 5.69 Å². The van der Waals surface area contributed by atoms with Crippen LogP contribution in [0.2, 0.25) is 0 Å². The summed E-state index contributed by atoms with van der Waals surface area (Å²) < 4.78 is 2.05. The smallest absolute Gasteiger partial charge is 0.0762 e. The Morgan fingerprint density at radius 3 is 2.71 bits per heavy atom. The maximum atomic E-state index is 8.93. The van der Waals surface area contributed by atoms with Crippen LogP contribution in [0.5, 0.6) is 0 Å². The first-order valence-corrected chi connectivity index (χ1v) is 6.32. The van der Waals surface area contributed by atoms with Crippen LogP contribution in [-0.4, -0.2) is 39.2 Å². The molecule has 3 N–H and O–H groups in total. The Hall–Kier alpha value is -0.910. The fraction of sp³-hybridized carbons (Fsp3) is 0.750. The molecule has 5 heteroatoms. The molecule has 0 unspecified atom stereocenters. The zero-order valence-electron chi connectivity index (χ0n) is 10.0. The van der Waals surface area contributed by atoms with E-state index < -0.39 is 0 Å². The lowest BCUT2D eigenvalue weighted by Gasteiger charge is -2.12. The molecule has 0 aliphatic heterocycles. The largest absolute Gasteiger partial charge is 0.395 e. The molecule has 0 saturated heterocycles. The first-order valence-electron chi connectivity index (χ1n) is 6.32. The van der Waals surface area contributed by atoms with Crippen LogP contribution >= 0.6 is 0 Å². The van der Waals surface area contributed by atoms with Crippen molar-refractivity contribution in [1.82, 2.24) is 15.1 Å². The Bertz CT molecular complexity index is 330. The molecule has 96 valence electrons. The van der Waals surface area contributed by atoms with Crippen molar-refractivity contribution < 1.29 is 10.2 Å². The Morgan fingerprint density at radius 1 is 1.35 bits per heavy atom. The first kappa shape index (κ1) is 12.5. The van der Waals surface area contributed by atoms with E-state index in [1.807, 2.05) is 12.3 Å². The highest BCUT2D eigenvalue weighted by atomic mass is 16.3. The number of aromatic nitrogens is 2. The molecule has 1 aliphatic carbocycles. The van der Waals surface area contributed by atoms with Gasteiger partial charge in [-0.3, -0.25) is 4.68 Å². The van der Waals surface area contributed by atoms with Crippen molar-refractivity contribution in [3.63, 3.8) is 0 Å². The standard InChI is InChI=1S/C12H21N3O2/c16-8-11(9-17)13-7-10-5-6-15(14-10)12-3-1-2-4-12/h5-6,11-13,16-17H,1-4,7-9H2. The van der Waals surface area contributed by atoms with Crippen molar-refractivity contribution in [2.45, 2.75) is 44.3 Å². The molecular weight excluding hydrogens is 218 g/mol. The molecule has 0 aromatic carbocycles. The van der Waals surface area contributed by atoms with Crippen molar-refractivity contribution in [1.29, 1.82) is 0 Å². The van der Waals surface area contributed by atoms with Gasteiger partial charge in [0.15, 0.2) is 0 Å². The zero-order chi connectivity index (χ0) is 12.1. The predicted octanol–water partition coefficient (Wildman–Crippen LogP) is 0.441. The van der Waals surface area contributed by atoms with E-state index in [-0.39, 0.29) is 19.3 Å². The monoisotopic (exact) mass is 239 g/mol. The lowest BCUT2D eigenvalue weighted by atomic mass is 10.3. The molecule has 1 aromatic rings. The van der Waals surface area contributed by atoms with Crippen LogP contribution < -0.4 is 5.32 Å². The van der Waals surface area contributed by atoms with E-state index in [0.29, 0.717) is 12.6 Å². The number of nitrogens with one attached hydrogen (secondary N) is 1. The number of aliphatic hydroxyl groups excluding tert-OH is 2. The summed E-state index contributed by atoms with van der Waals surface area (Å²) in [7, 11) is 0. The summed E-state index contributed by atoms with van der Waals surface area (Å²) in [6.45, 7) is 0.477. The third-order valence-corrected chi connectivity index (χ3v) is 3.38. The fourth-order valence-corrected chi connectivity index (χ4v) is 2.28. The summed E-state index contributed by atoms with van der Waals surface area (Å²) in [5, 5.41) is 25.5. The van der Waals surface area contributed by atoms with Crippen molar-refractivity contribution in [3.05, 3.63) is 18.0 Å². The minimum absolute atomic E-state index is 0.0557. The fourth-order valence-electron chi connectivity index (χ4n) is 2.28. The predicted molar refractivity (Wildman–Crippen MR) is 64.5 cm³/mol. The molecule has 5 nitrogen and oxygen atoms in total. The van der Waals surface area contributed by atoms with Gasteiger partial charge in [0, 0.05) is 12.7 Å². The third kappa shape index (κ3) is 3.28. The average molecular weight is 239 g/mol. The number of rotatable bonds is 6. The van der Waals surface area contributed by atoms with Gasteiger partial charge in [0.25, 0.3) is 0 Å². The first-order chi connectivity index (χ1) is 8.33. The number of nitrogens with zero attached hydrogens (tertiary/aromatic N) is 2. The number of hydrogen-bond donors (Lipinski definition) is 3.